The number of hydrogen-bond acceptors (Lipinski definition) is 6. The van der Waals surface area contributed by atoms with E-state index in [4.69, 9.17) is 21.1 Å². The molecule has 2 aromatic carbocycles. The Labute approximate surface area is 208 Å². The Bertz CT molecular complexity index is 1460. The minimum absolute atomic E-state index is 0.0887. The summed E-state index contributed by atoms with van der Waals surface area (Å²) in [6.45, 7) is 1.22. The Balaban J connectivity index is 1.43. The zero-order valence-corrected chi connectivity index (χ0v) is 20.1. The van der Waals surface area contributed by atoms with Crippen molar-refractivity contribution in [1.29, 1.82) is 0 Å². The largest absolute Gasteiger partial charge is 0.448 e. The number of epoxide rings is 1. The highest BCUT2D eigenvalue weighted by atomic mass is 35.5. The van der Waals surface area contributed by atoms with Crippen LogP contribution in [0.2, 0.25) is 5.02 Å². The summed E-state index contributed by atoms with van der Waals surface area (Å²) in [6.07, 6.45) is 1.64. The molecule has 0 radical (unpaired) electrons. The molecule has 7 nitrogen and oxygen atoms in total. The number of para-hydroxylation sites is 1. The monoisotopic (exact) mass is 509 g/mol. The normalized spacial score (nSPS) is 28.7. The van der Waals surface area contributed by atoms with Crippen molar-refractivity contribution in [2.75, 3.05) is 17.3 Å². The molecule has 1 aliphatic carbocycles. The van der Waals surface area contributed by atoms with E-state index in [0.717, 1.165) is 0 Å². The van der Waals surface area contributed by atoms with Crippen molar-refractivity contribution in [1.82, 2.24) is 0 Å². The van der Waals surface area contributed by atoms with Crippen LogP contribution in [0.15, 0.2) is 65.6 Å². The molecule has 5 rings (SSSR count). The van der Waals surface area contributed by atoms with Crippen molar-refractivity contribution < 1.29 is 27.8 Å². The second kappa shape index (κ2) is 8.44. The fourth-order valence-electron chi connectivity index (χ4n) is 4.52. The van der Waals surface area contributed by atoms with E-state index in [-0.39, 0.29) is 11.5 Å². The molecular formula is C26H20ClNO6S. The molecule has 1 saturated heterocycles. The number of carbonyl (C=O) groups is 1. The molecule has 2 bridgehead atoms. The van der Waals surface area contributed by atoms with Crippen LogP contribution in [0.25, 0.3) is 0 Å². The van der Waals surface area contributed by atoms with Crippen LogP contribution in [0.1, 0.15) is 12.5 Å². The second-order valence-corrected chi connectivity index (χ2v) is 11.0. The highest BCUT2D eigenvalue weighted by Crippen LogP contribution is 2.61. The van der Waals surface area contributed by atoms with Crippen LogP contribution in [0.3, 0.4) is 0 Å². The van der Waals surface area contributed by atoms with Crippen LogP contribution < -0.4 is 4.90 Å². The molecule has 3 aliphatic rings. The fourth-order valence-corrected chi connectivity index (χ4v) is 5.73. The molecule has 1 amide bonds. The molecular weight excluding hydrogens is 490 g/mol. The van der Waals surface area contributed by atoms with Gasteiger partial charge in [0.25, 0.3) is 0 Å². The van der Waals surface area contributed by atoms with Gasteiger partial charge < -0.3 is 14.6 Å². The zero-order chi connectivity index (χ0) is 24.8. The van der Waals surface area contributed by atoms with Gasteiger partial charge in [-0.2, -0.15) is 0 Å². The number of ether oxygens (including phenoxy) is 2. The molecule has 2 heterocycles. The van der Waals surface area contributed by atoms with E-state index in [1.165, 1.54) is 41.3 Å². The van der Waals surface area contributed by atoms with Gasteiger partial charge in [0.1, 0.15) is 18.8 Å². The molecule has 0 saturated carbocycles. The van der Waals surface area contributed by atoms with Crippen molar-refractivity contribution in [3.63, 3.8) is 0 Å². The Morgan fingerprint density at radius 1 is 1.17 bits per heavy atom. The maximum Gasteiger partial charge on any atom is 0.415 e. The Morgan fingerprint density at radius 2 is 1.89 bits per heavy atom. The van der Waals surface area contributed by atoms with E-state index >= 15 is 0 Å². The molecule has 1 fully saturated rings. The van der Waals surface area contributed by atoms with Gasteiger partial charge in [-0.15, -0.1) is 0 Å². The third kappa shape index (κ3) is 3.89. The first-order chi connectivity index (χ1) is 16.7. The third-order valence-corrected chi connectivity index (χ3v) is 8.20. The van der Waals surface area contributed by atoms with Gasteiger partial charge in [-0.3, -0.25) is 4.90 Å². The minimum atomic E-state index is -3.68. The quantitative estimate of drug-likeness (QED) is 0.502. The SMILES string of the molecule is C[C@@]1(O)C#C/C=C\C#C[C@H]2[C@@H]3O[C@]31c1ccccc1N2C(=O)OCCS(=O)(=O)c1ccc(Cl)cc1. The summed E-state index contributed by atoms with van der Waals surface area (Å²) in [6, 6.07) is 12.0. The number of nitrogens with zero attached hydrogens (tertiary/aromatic N) is 1. The summed E-state index contributed by atoms with van der Waals surface area (Å²) < 4.78 is 36.7. The Kier molecular flexibility index (Phi) is 5.66. The average Bonchev–Trinajstić information content (AvgIpc) is 3.59. The minimum Gasteiger partial charge on any atom is -0.448 e. The van der Waals surface area contributed by atoms with Gasteiger partial charge in [0.2, 0.25) is 0 Å². The summed E-state index contributed by atoms with van der Waals surface area (Å²) in [4.78, 5) is 14.7. The van der Waals surface area contributed by atoms with Crippen molar-refractivity contribution in [2.24, 2.45) is 0 Å². The van der Waals surface area contributed by atoms with Gasteiger partial charge >= 0.3 is 6.09 Å². The maximum atomic E-state index is 13.3. The van der Waals surface area contributed by atoms with Crippen LogP contribution in [-0.2, 0) is 24.9 Å². The number of sulfone groups is 1. The summed E-state index contributed by atoms with van der Waals surface area (Å²) in [5, 5.41) is 11.7. The van der Waals surface area contributed by atoms with E-state index in [1.807, 2.05) is 0 Å². The van der Waals surface area contributed by atoms with Crippen molar-refractivity contribution >= 4 is 33.2 Å². The highest BCUT2D eigenvalue weighted by molar-refractivity contribution is 7.91. The highest BCUT2D eigenvalue weighted by Gasteiger charge is 2.74. The van der Waals surface area contributed by atoms with Gasteiger partial charge in [-0.1, -0.05) is 53.5 Å². The molecule has 1 N–H and O–H groups in total. The molecule has 178 valence electrons. The molecule has 2 aromatic rings. The zero-order valence-electron chi connectivity index (χ0n) is 18.6. The van der Waals surface area contributed by atoms with Crippen molar-refractivity contribution in [3.05, 3.63) is 71.3 Å². The first-order valence-electron chi connectivity index (χ1n) is 10.8. The summed E-state index contributed by atoms with van der Waals surface area (Å²) in [5.74, 6) is 11.1. The number of halogens is 1. The Morgan fingerprint density at radius 3 is 2.66 bits per heavy atom. The number of allylic oxidation sites excluding steroid dienone is 2. The Hall–Kier alpha value is -3.27. The predicted octanol–water partition coefficient (Wildman–Crippen LogP) is 3.06. The van der Waals surface area contributed by atoms with Gasteiger partial charge in [0.05, 0.1) is 16.3 Å². The van der Waals surface area contributed by atoms with Gasteiger partial charge in [-0.05, 0) is 49.4 Å². The molecule has 9 heteroatoms. The van der Waals surface area contributed by atoms with E-state index in [9.17, 15) is 18.3 Å². The number of carbonyl (C=O) groups excluding carboxylic acids is 1. The number of aliphatic hydroxyl groups is 1. The van der Waals surface area contributed by atoms with E-state index < -0.39 is 45.0 Å². The number of amides is 1. The first kappa shape index (κ1) is 23.5. The molecule has 4 atom stereocenters. The lowest BCUT2D eigenvalue weighted by Crippen LogP contribution is -2.54. The first-order valence-corrected chi connectivity index (χ1v) is 12.8. The molecule has 35 heavy (non-hydrogen) atoms. The van der Waals surface area contributed by atoms with Crippen molar-refractivity contribution in [3.8, 4) is 23.7 Å². The second-order valence-electron chi connectivity index (χ2n) is 8.46. The molecule has 0 spiro atoms. The third-order valence-electron chi connectivity index (χ3n) is 6.25. The smallest absolute Gasteiger partial charge is 0.415 e. The summed E-state index contributed by atoms with van der Waals surface area (Å²) >= 11 is 5.83. The van der Waals surface area contributed by atoms with E-state index in [2.05, 4.69) is 23.7 Å². The van der Waals surface area contributed by atoms with Gasteiger partial charge in [0.15, 0.2) is 21.0 Å². The topological polar surface area (TPSA) is 96.4 Å². The number of benzene rings is 2. The fraction of sp³-hybridized carbons (Fsp3) is 0.269. The van der Waals surface area contributed by atoms with Crippen LogP contribution in [0, 0.1) is 23.7 Å². The lowest BCUT2D eigenvalue weighted by molar-refractivity contribution is 0.0264. The summed E-state index contributed by atoms with van der Waals surface area (Å²) in [7, 11) is -3.68. The molecule has 2 aliphatic heterocycles. The lowest BCUT2D eigenvalue weighted by Gasteiger charge is -2.38. The number of fused-ring (bicyclic) bond motifs is 1. The molecule has 0 aromatic heterocycles. The van der Waals surface area contributed by atoms with E-state index in [1.54, 1.807) is 31.2 Å². The average molecular weight is 510 g/mol. The van der Waals surface area contributed by atoms with Crippen LogP contribution in [0.5, 0.6) is 0 Å². The van der Waals surface area contributed by atoms with Crippen molar-refractivity contribution in [2.45, 2.75) is 35.2 Å². The van der Waals surface area contributed by atoms with Gasteiger partial charge in [-0.25, -0.2) is 13.2 Å². The molecule has 0 unspecified atom stereocenters. The number of anilines is 1. The number of hydrogen-bond donors (Lipinski definition) is 1. The summed E-state index contributed by atoms with van der Waals surface area (Å²) in [5.41, 5.74) is -1.66. The maximum absolute atomic E-state index is 13.3. The lowest BCUT2D eigenvalue weighted by atomic mass is 9.75. The van der Waals surface area contributed by atoms with Crippen LogP contribution >= 0.6 is 11.6 Å². The van der Waals surface area contributed by atoms with Crippen LogP contribution in [-0.4, -0.2) is 49.7 Å². The predicted molar refractivity (Wildman–Crippen MR) is 129 cm³/mol. The van der Waals surface area contributed by atoms with E-state index in [0.29, 0.717) is 16.3 Å². The van der Waals surface area contributed by atoms with Crippen LogP contribution in [0.4, 0.5) is 10.5 Å². The number of rotatable bonds is 4. The van der Waals surface area contributed by atoms with Gasteiger partial charge in [0, 0.05) is 10.6 Å². The standard InChI is InChI=1S/C26H20ClNO6S/c1-25(30)15-7-3-2-4-10-22-23-26(25,34-23)20-8-5-6-9-21(20)28(22)24(29)33-16-17-35(31,32)19-13-11-18(27)12-14-19/h2-3,5-6,8-9,11-14,22-23,30H,16-17H2,1H3/b3-2-/t22-,23-,25+,26+/m0/s1.